The maximum atomic E-state index is 11.2. The van der Waals surface area contributed by atoms with Gasteiger partial charge < -0.3 is 9.67 Å². The number of carboxylic acid groups (broad SMARTS) is 1. The summed E-state index contributed by atoms with van der Waals surface area (Å²) in [6.07, 6.45) is 3.72. The minimum Gasteiger partial charge on any atom is -0.477 e. The van der Waals surface area contributed by atoms with E-state index in [1.807, 2.05) is 17.7 Å². The Morgan fingerprint density at radius 2 is 2.19 bits per heavy atom. The van der Waals surface area contributed by atoms with Crippen LogP contribution in [0.5, 0.6) is 0 Å². The second-order valence-corrected chi connectivity index (χ2v) is 5.41. The first-order valence-corrected chi connectivity index (χ1v) is 7.05. The molecule has 21 heavy (non-hydrogen) atoms. The monoisotopic (exact) mass is 290 g/mol. The number of aromatic nitrogens is 3. The maximum absolute atomic E-state index is 11.2. The van der Waals surface area contributed by atoms with Gasteiger partial charge in [0.2, 0.25) is 0 Å². The highest BCUT2D eigenvalue weighted by Crippen LogP contribution is 2.25. The smallest absolute Gasteiger partial charge is 0.352 e. The first kappa shape index (κ1) is 13.8. The van der Waals surface area contributed by atoms with Gasteiger partial charge in [0.15, 0.2) is 0 Å². The number of hydrogen-bond donors (Lipinski definition) is 1. The van der Waals surface area contributed by atoms with Crippen molar-refractivity contribution in [3.8, 4) is 0 Å². The molecule has 0 aromatic carbocycles. The number of piperidine rings is 1. The van der Waals surface area contributed by atoms with E-state index in [4.69, 9.17) is 4.63 Å². The number of rotatable bonds is 4. The Morgan fingerprint density at radius 3 is 2.81 bits per heavy atom. The van der Waals surface area contributed by atoms with Gasteiger partial charge in [-0.2, -0.15) is 0 Å². The summed E-state index contributed by atoms with van der Waals surface area (Å²) in [5.41, 5.74) is 2.07. The van der Waals surface area contributed by atoms with Gasteiger partial charge in [0, 0.05) is 31.9 Å². The van der Waals surface area contributed by atoms with Crippen molar-refractivity contribution < 1.29 is 14.5 Å². The molecule has 7 nitrogen and oxygen atoms in total. The molecule has 0 atom stereocenters. The van der Waals surface area contributed by atoms with Gasteiger partial charge in [0.1, 0.15) is 17.1 Å². The molecule has 1 fully saturated rings. The molecule has 0 bridgehead atoms. The molecule has 1 aliphatic rings. The van der Waals surface area contributed by atoms with Crippen molar-refractivity contribution in [1.82, 2.24) is 19.8 Å². The van der Waals surface area contributed by atoms with Crippen LogP contribution in [0, 0.1) is 6.92 Å². The molecule has 2 aromatic rings. The van der Waals surface area contributed by atoms with Gasteiger partial charge in [-0.3, -0.25) is 4.90 Å². The largest absolute Gasteiger partial charge is 0.477 e. The summed E-state index contributed by atoms with van der Waals surface area (Å²) in [6, 6.07) is 3.69. The van der Waals surface area contributed by atoms with E-state index in [1.54, 1.807) is 12.1 Å². The van der Waals surface area contributed by atoms with Gasteiger partial charge in [-0.05, 0) is 31.9 Å². The highest BCUT2D eigenvalue weighted by atomic mass is 16.6. The Balaban J connectivity index is 1.61. The SMILES string of the molecule is Cc1nonc1CN1CCC(n2cccc2C(=O)O)CC1. The van der Waals surface area contributed by atoms with E-state index in [2.05, 4.69) is 15.2 Å². The Bertz CT molecular complexity index is 626. The van der Waals surface area contributed by atoms with Crippen LogP contribution in [0.2, 0.25) is 0 Å². The summed E-state index contributed by atoms with van der Waals surface area (Å²) in [6.45, 7) is 4.44. The van der Waals surface area contributed by atoms with Crippen LogP contribution in [0.15, 0.2) is 23.0 Å². The average molecular weight is 290 g/mol. The van der Waals surface area contributed by atoms with Gasteiger partial charge >= 0.3 is 5.97 Å². The molecule has 112 valence electrons. The molecular weight excluding hydrogens is 272 g/mol. The lowest BCUT2D eigenvalue weighted by atomic mass is 10.0. The summed E-state index contributed by atoms with van der Waals surface area (Å²) in [5, 5.41) is 16.9. The number of likely N-dealkylation sites (tertiary alicyclic amines) is 1. The highest BCUT2D eigenvalue weighted by Gasteiger charge is 2.24. The third-order valence-electron chi connectivity index (χ3n) is 4.07. The minimum absolute atomic E-state index is 0.249. The number of carbonyl (C=O) groups is 1. The second kappa shape index (κ2) is 5.69. The first-order chi connectivity index (χ1) is 10.1. The standard InChI is InChI=1S/C14H18N4O3/c1-10-12(16-21-15-10)9-17-7-4-11(5-8-17)18-6-2-3-13(18)14(19)20/h2-3,6,11H,4-5,7-9H2,1H3,(H,19,20). The lowest BCUT2D eigenvalue weighted by Gasteiger charge is -2.32. The predicted octanol–water partition coefficient (Wildman–Crippen LogP) is 1.71. The zero-order valence-electron chi connectivity index (χ0n) is 11.9. The molecule has 0 saturated carbocycles. The summed E-state index contributed by atoms with van der Waals surface area (Å²) in [7, 11) is 0. The molecule has 0 unspecified atom stereocenters. The van der Waals surface area contributed by atoms with Crippen LogP contribution < -0.4 is 0 Å². The summed E-state index contributed by atoms with van der Waals surface area (Å²) >= 11 is 0. The van der Waals surface area contributed by atoms with E-state index in [1.165, 1.54) is 0 Å². The van der Waals surface area contributed by atoms with E-state index < -0.39 is 5.97 Å². The zero-order valence-corrected chi connectivity index (χ0v) is 11.9. The van der Waals surface area contributed by atoms with Gasteiger partial charge in [-0.25, -0.2) is 9.42 Å². The van der Waals surface area contributed by atoms with E-state index in [-0.39, 0.29) is 6.04 Å². The fourth-order valence-corrected chi connectivity index (χ4v) is 2.85. The number of aryl methyl sites for hydroxylation is 1. The quantitative estimate of drug-likeness (QED) is 0.923. The lowest BCUT2D eigenvalue weighted by molar-refractivity contribution is 0.0678. The number of carboxylic acids is 1. The van der Waals surface area contributed by atoms with Crippen LogP contribution in [0.1, 0.15) is 40.8 Å². The van der Waals surface area contributed by atoms with Crippen LogP contribution in [-0.2, 0) is 6.54 Å². The molecule has 2 aromatic heterocycles. The third-order valence-corrected chi connectivity index (χ3v) is 4.07. The number of nitrogens with zero attached hydrogens (tertiary/aromatic N) is 4. The number of hydrogen-bond acceptors (Lipinski definition) is 5. The van der Waals surface area contributed by atoms with Crippen molar-refractivity contribution in [2.24, 2.45) is 0 Å². The summed E-state index contributed by atoms with van der Waals surface area (Å²) < 4.78 is 6.59. The van der Waals surface area contributed by atoms with Crippen molar-refractivity contribution in [1.29, 1.82) is 0 Å². The molecule has 0 spiro atoms. The van der Waals surface area contributed by atoms with Gasteiger partial charge in [-0.1, -0.05) is 10.3 Å². The van der Waals surface area contributed by atoms with Crippen LogP contribution in [0.25, 0.3) is 0 Å². The van der Waals surface area contributed by atoms with Crippen molar-refractivity contribution >= 4 is 5.97 Å². The zero-order chi connectivity index (χ0) is 14.8. The highest BCUT2D eigenvalue weighted by molar-refractivity contribution is 5.85. The Labute approximate surface area is 122 Å². The maximum Gasteiger partial charge on any atom is 0.352 e. The molecule has 0 aliphatic carbocycles. The molecule has 1 aliphatic heterocycles. The Hall–Kier alpha value is -2.15. The van der Waals surface area contributed by atoms with E-state index in [0.717, 1.165) is 43.9 Å². The molecule has 7 heteroatoms. The molecule has 1 saturated heterocycles. The van der Waals surface area contributed by atoms with Gasteiger partial charge in [-0.15, -0.1) is 0 Å². The van der Waals surface area contributed by atoms with Crippen molar-refractivity contribution in [2.45, 2.75) is 32.4 Å². The average Bonchev–Trinajstić information content (AvgIpc) is 3.10. The predicted molar refractivity (Wildman–Crippen MR) is 74.0 cm³/mol. The fourth-order valence-electron chi connectivity index (χ4n) is 2.85. The van der Waals surface area contributed by atoms with Crippen molar-refractivity contribution in [3.63, 3.8) is 0 Å². The molecular formula is C14H18N4O3. The topological polar surface area (TPSA) is 84.4 Å². The molecule has 0 amide bonds. The lowest BCUT2D eigenvalue weighted by Crippen LogP contribution is -2.35. The molecule has 3 heterocycles. The molecule has 3 rings (SSSR count). The second-order valence-electron chi connectivity index (χ2n) is 5.41. The van der Waals surface area contributed by atoms with Crippen LogP contribution in [0.4, 0.5) is 0 Å². The summed E-state index contributed by atoms with van der Waals surface area (Å²) in [4.78, 5) is 13.5. The first-order valence-electron chi connectivity index (χ1n) is 7.05. The Kier molecular flexibility index (Phi) is 3.74. The van der Waals surface area contributed by atoms with Crippen LogP contribution in [-0.4, -0.2) is 43.9 Å². The van der Waals surface area contributed by atoms with Crippen molar-refractivity contribution in [3.05, 3.63) is 35.4 Å². The normalized spacial score (nSPS) is 17.2. The van der Waals surface area contributed by atoms with E-state index in [9.17, 15) is 9.90 Å². The van der Waals surface area contributed by atoms with E-state index in [0.29, 0.717) is 5.69 Å². The third kappa shape index (κ3) is 2.82. The van der Waals surface area contributed by atoms with Crippen molar-refractivity contribution in [2.75, 3.05) is 13.1 Å². The fraction of sp³-hybridized carbons (Fsp3) is 0.500. The molecule has 1 N–H and O–H groups in total. The Morgan fingerprint density at radius 1 is 1.43 bits per heavy atom. The minimum atomic E-state index is -0.869. The van der Waals surface area contributed by atoms with Gasteiger partial charge in [0.05, 0.1) is 0 Å². The van der Waals surface area contributed by atoms with Crippen LogP contribution >= 0.6 is 0 Å². The number of aromatic carboxylic acids is 1. The molecule has 0 radical (unpaired) electrons. The van der Waals surface area contributed by atoms with Crippen LogP contribution in [0.3, 0.4) is 0 Å². The van der Waals surface area contributed by atoms with E-state index >= 15 is 0 Å². The van der Waals surface area contributed by atoms with Gasteiger partial charge in [0.25, 0.3) is 0 Å². The summed E-state index contributed by atoms with van der Waals surface area (Å²) in [5.74, 6) is -0.869.